The first kappa shape index (κ1) is 16.8. The molecule has 3 aromatic rings. The Morgan fingerprint density at radius 2 is 1.84 bits per heavy atom. The summed E-state index contributed by atoms with van der Waals surface area (Å²) in [5, 5.41) is 0. The third kappa shape index (κ3) is 3.71. The van der Waals surface area contributed by atoms with Crippen LogP contribution in [0.25, 0.3) is 0 Å². The second-order valence-electron chi connectivity index (χ2n) is 5.94. The molecular weight excluding hydrogens is 316 g/mol. The molecule has 1 aromatic carbocycles. The van der Waals surface area contributed by atoms with E-state index in [1.165, 1.54) is 5.56 Å². The van der Waals surface area contributed by atoms with Gasteiger partial charge in [-0.2, -0.15) is 0 Å². The van der Waals surface area contributed by atoms with Crippen molar-refractivity contribution in [2.75, 3.05) is 6.61 Å². The number of esters is 1. The molecule has 2 aromatic heterocycles. The Bertz CT molecular complexity index is 877. The number of rotatable bonds is 6. The van der Waals surface area contributed by atoms with Crippen molar-refractivity contribution in [3.63, 3.8) is 0 Å². The van der Waals surface area contributed by atoms with Crippen LogP contribution in [0, 0.1) is 13.8 Å². The zero-order valence-electron chi connectivity index (χ0n) is 14.3. The molecule has 128 valence electrons. The molecule has 0 aliphatic heterocycles. The maximum Gasteiger partial charge on any atom is 0.355 e. The quantitative estimate of drug-likeness (QED) is 0.553. The summed E-state index contributed by atoms with van der Waals surface area (Å²) in [7, 11) is 0. The summed E-state index contributed by atoms with van der Waals surface area (Å²) in [5.41, 5.74) is 3.97. The fourth-order valence-corrected chi connectivity index (χ4v) is 2.84. The van der Waals surface area contributed by atoms with Crippen molar-refractivity contribution in [1.82, 2.24) is 9.55 Å². The molecule has 1 N–H and O–H groups in total. The van der Waals surface area contributed by atoms with Crippen LogP contribution in [0.2, 0.25) is 0 Å². The van der Waals surface area contributed by atoms with Crippen molar-refractivity contribution >= 4 is 11.8 Å². The van der Waals surface area contributed by atoms with E-state index >= 15 is 0 Å². The van der Waals surface area contributed by atoms with Crippen LogP contribution in [0.5, 0.6) is 0 Å². The molecule has 0 amide bonds. The van der Waals surface area contributed by atoms with Crippen LogP contribution in [0.4, 0.5) is 0 Å². The number of benzene rings is 1. The number of ether oxygens (including phenoxy) is 1. The number of H-pyrrole nitrogens is 1. The number of hydrogen-bond donors (Lipinski definition) is 1. The van der Waals surface area contributed by atoms with Gasteiger partial charge in [0.15, 0.2) is 6.61 Å². The molecule has 0 spiro atoms. The molecular formula is C20H20N2O3. The highest BCUT2D eigenvalue weighted by Gasteiger charge is 2.18. The Labute approximate surface area is 146 Å². The Morgan fingerprint density at radius 3 is 2.52 bits per heavy atom. The number of aromatic nitrogens is 2. The van der Waals surface area contributed by atoms with Crippen molar-refractivity contribution in [3.8, 4) is 0 Å². The van der Waals surface area contributed by atoms with E-state index in [-0.39, 0.29) is 12.4 Å². The van der Waals surface area contributed by atoms with Gasteiger partial charge in [0.1, 0.15) is 5.69 Å². The Hall–Kier alpha value is -3.08. The molecule has 0 radical (unpaired) electrons. The SMILES string of the molecule is Cc1cc(C(=O)COC(=O)c2ccc[nH]2)c(C)n1Cc1ccccc1. The van der Waals surface area contributed by atoms with Crippen LogP contribution in [0.15, 0.2) is 54.7 Å². The number of nitrogens with one attached hydrogen (secondary N) is 1. The van der Waals surface area contributed by atoms with Crippen molar-refractivity contribution in [1.29, 1.82) is 0 Å². The van der Waals surface area contributed by atoms with Crippen LogP contribution in [0.3, 0.4) is 0 Å². The van der Waals surface area contributed by atoms with Crippen LogP contribution >= 0.6 is 0 Å². The predicted octanol–water partition coefficient (Wildman–Crippen LogP) is 3.52. The Kier molecular flexibility index (Phi) is 4.84. The van der Waals surface area contributed by atoms with Crippen LogP contribution in [0.1, 0.15) is 37.8 Å². The summed E-state index contributed by atoms with van der Waals surface area (Å²) in [6, 6.07) is 15.2. The van der Waals surface area contributed by atoms with E-state index in [2.05, 4.69) is 21.7 Å². The zero-order valence-corrected chi connectivity index (χ0v) is 14.3. The Balaban J connectivity index is 1.71. The van der Waals surface area contributed by atoms with Gasteiger partial charge < -0.3 is 14.3 Å². The van der Waals surface area contributed by atoms with E-state index in [4.69, 9.17) is 4.74 Å². The summed E-state index contributed by atoms with van der Waals surface area (Å²) in [4.78, 5) is 27.0. The first-order valence-electron chi connectivity index (χ1n) is 8.10. The van der Waals surface area contributed by atoms with Gasteiger partial charge in [-0.1, -0.05) is 30.3 Å². The molecule has 5 heteroatoms. The Morgan fingerprint density at radius 1 is 1.08 bits per heavy atom. The van der Waals surface area contributed by atoms with E-state index in [0.717, 1.165) is 11.4 Å². The van der Waals surface area contributed by atoms with Gasteiger partial charge in [0.05, 0.1) is 0 Å². The average Bonchev–Trinajstić information content (AvgIpc) is 3.25. The number of Topliss-reactive ketones (excluding diaryl/α,β-unsaturated/α-hetero) is 1. The van der Waals surface area contributed by atoms with Crippen molar-refractivity contribution in [2.45, 2.75) is 20.4 Å². The normalized spacial score (nSPS) is 10.6. The number of aromatic amines is 1. The van der Waals surface area contributed by atoms with Gasteiger partial charge >= 0.3 is 5.97 Å². The summed E-state index contributed by atoms with van der Waals surface area (Å²) in [5.74, 6) is -0.733. The monoisotopic (exact) mass is 336 g/mol. The average molecular weight is 336 g/mol. The molecule has 0 unspecified atom stereocenters. The summed E-state index contributed by atoms with van der Waals surface area (Å²) >= 11 is 0. The highest BCUT2D eigenvalue weighted by Crippen LogP contribution is 2.18. The van der Waals surface area contributed by atoms with Crippen molar-refractivity contribution in [2.24, 2.45) is 0 Å². The molecule has 0 fully saturated rings. The minimum atomic E-state index is -0.531. The van der Waals surface area contributed by atoms with E-state index in [1.807, 2.05) is 38.1 Å². The standard InChI is InChI=1S/C20H20N2O3/c1-14-11-17(15(2)22(14)12-16-7-4-3-5-8-16)19(23)13-25-20(24)18-9-6-10-21-18/h3-11,21H,12-13H2,1-2H3. The molecule has 0 saturated carbocycles. The lowest BCUT2D eigenvalue weighted by atomic mass is 10.1. The molecule has 0 saturated heterocycles. The smallest absolute Gasteiger partial charge is 0.355 e. The van der Waals surface area contributed by atoms with Crippen molar-refractivity contribution < 1.29 is 14.3 Å². The first-order valence-corrected chi connectivity index (χ1v) is 8.10. The van der Waals surface area contributed by atoms with Crippen molar-refractivity contribution in [3.05, 3.63) is 82.9 Å². The van der Waals surface area contributed by atoms with Gasteiger partial charge in [0.2, 0.25) is 5.78 Å². The molecule has 3 rings (SSSR count). The molecule has 5 nitrogen and oxygen atoms in total. The number of carbonyl (C=O) groups is 2. The second-order valence-corrected chi connectivity index (χ2v) is 5.94. The molecule has 0 bridgehead atoms. The van der Waals surface area contributed by atoms with E-state index in [0.29, 0.717) is 17.8 Å². The number of aryl methyl sites for hydroxylation is 1. The third-order valence-electron chi connectivity index (χ3n) is 4.21. The topological polar surface area (TPSA) is 64.1 Å². The number of carbonyl (C=O) groups excluding carboxylic acids is 2. The minimum absolute atomic E-state index is 0.202. The van der Waals surface area contributed by atoms with Gasteiger partial charge in [0.25, 0.3) is 0 Å². The summed E-state index contributed by atoms with van der Waals surface area (Å²) in [6.45, 7) is 4.31. The fourth-order valence-electron chi connectivity index (χ4n) is 2.84. The van der Waals surface area contributed by atoms with Gasteiger partial charge in [-0.15, -0.1) is 0 Å². The highest BCUT2D eigenvalue weighted by atomic mass is 16.5. The van der Waals surface area contributed by atoms with Gasteiger partial charge in [-0.3, -0.25) is 4.79 Å². The fraction of sp³-hybridized carbons (Fsp3) is 0.200. The maximum atomic E-state index is 12.5. The van der Waals surface area contributed by atoms with Gasteiger partial charge in [-0.25, -0.2) is 4.79 Å². The molecule has 2 heterocycles. The number of nitrogens with zero attached hydrogens (tertiary/aromatic N) is 1. The molecule has 25 heavy (non-hydrogen) atoms. The van der Waals surface area contributed by atoms with Gasteiger partial charge in [-0.05, 0) is 37.6 Å². The van der Waals surface area contributed by atoms with E-state index < -0.39 is 5.97 Å². The highest BCUT2D eigenvalue weighted by molar-refractivity contribution is 6.00. The second kappa shape index (κ2) is 7.21. The lowest BCUT2D eigenvalue weighted by Crippen LogP contribution is -2.15. The number of hydrogen-bond acceptors (Lipinski definition) is 3. The lowest BCUT2D eigenvalue weighted by Gasteiger charge is -2.10. The zero-order chi connectivity index (χ0) is 17.8. The van der Waals surface area contributed by atoms with Gasteiger partial charge in [0, 0.05) is 29.7 Å². The minimum Gasteiger partial charge on any atom is -0.453 e. The maximum absolute atomic E-state index is 12.5. The summed E-state index contributed by atoms with van der Waals surface area (Å²) < 4.78 is 7.19. The molecule has 0 atom stereocenters. The largest absolute Gasteiger partial charge is 0.453 e. The molecule has 0 aliphatic carbocycles. The summed E-state index contributed by atoms with van der Waals surface area (Å²) in [6.07, 6.45) is 1.63. The van der Waals surface area contributed by atoms with Crippen LogP contribution in [-0.2, 0) is 11.3 Å². The first-order chi connectivity index (χ1) is 12.1. The third-order valence-corrected chi connectivity index (χ3v) is 4.21. The molecule has 0 aliphatic rings. The lowest BCUT2D eigenvalue weighted by molar-refractivity contribution is 0.0469. The van der Waals surface area contributed by atoms with Crippen LogP contribution in [-0.4, -0.2) is 27.9 Å². The van der Waals surface area contributed by atoms with Crippen LogP contribution < -0.4 is 0 Å². The predicted molar refractivity (Wildman–Crippen MR) is 94.9 cm³/mol. The number of ketones is 1. The van der Waals surface area contributed by atoms with E-state index in [1.54, 1.807) is 18.3 Å². The van der Waals surface area contributed by atoms with E-state index in [9.17, 15) is 9.59 Å².